The van der Waals surface area contributed by atoms with Crippen molar-refractivity contribution in [2.24, 2.45) is 11.1 Å². The summed E-state index contributed by atoms with van der Waals surface area (Å²) in [7, 11) is 0. The number of nitrogens with one attached hydrogen (secondary N) is 1. The first kappa shape index (κ1) is 13.1. The van der Waals surface area contributed by atoms with E-state index in [0.717, 1.165) is 35.7 Å². The molecule has 0 saturated heterocycles. The fourth-order valence-corrected chi connectivity index (χ4v) is 3.07. The van der Waals surface area contributed by atoms with Gasteiger partial charge in [-0.15, -0.1) is 0 Å². The van der Waals surface area contributed by atoms with Gasteiger partial charge in [0.15, 0.2) is 0 Å². The van der Waals surface area contributed by atoms with E-state index in [9.17, 15) is 4.79 Å². The average molecular weight is 268 g/mol. The van der Waals surface area contributed by atoms with E-state index in [1.165, 1.54) is 0 Å². The molecule has 0 heterocycles. The van der Waals surface area contributed by atoms with Gasteiger partial charge in [-0.1, -0.05) is 42.8 Å². The molecule has 3 nitrogen and oxygen atoms in total. The first-order valence-electron chi connectivity index (χ1n) is 7.16. The van der Waals surface area contributed by atoms with Crippen LogP contribution in [0.2, 0.25) is 0 Å². The van der Waals surface area contributed by atoms with Crippen molar-refractivity contribution in [3.63, 3.8) is 0 Å². The Morgan fingerprint density at radius 2 is 2.00 bits per heavy atom. The molecule has 0 aliphatic heterocycles. The van der Waals surface area contributed by atoms with Crippen LogP contribution in [0.25, 0.3) is 10.8 Å². The molecule has 3 N–H and O–H groups in total. The second-order valence-electron chi connectivity index (χ2n) is 5.90. The van der Waals surface area contributed by atoms with Crippen molar-refractivity contribution in [2.45, 2.75) is 32.2 Å². The maximum absolute atomic E-state index is 12.6. The van der Waals surface area contributed by atoms with E-state index in [1.807, 2.05) is 49.4 Å². The van der Waals surface area contributed by atoms with E-state index >= 15 is 0 Å². The van der Waals surface area contributed by atoms with Gasteiger partial charge in [0.2, 0.25) is 5.91 Å². The number of hydrogen-bond acceptors (Lipinski definition) is 2. The second kappa shape index (κ2) is 4.91. The van der Waals surface area contributed by atoms with E-state index in [1.54, 1.807) is 0 Å². The summed E-state index contributed by atoms with van der Waals surface area (Å²) < 4.78 is 0. The molecule has 2 aromatic carbocycles. The third kappa shape index (κ3) is 2.08. The molecule has 3 heteroatoms. The number of nitrogens with two attached hydrogens (primary N) is 1. The minimum absolute atomic E-state index is 0.0406. The summed E-state index contributed by atoms with van der Waals surface area (Å²) in [6, 6.07) is 14.0. The molecule has 2 unspecified atom stereocenters. The summed E-state index contributed by atoms with van der Waals surface area (Å²) in [5.41, 5.74) is 6.54. The molecule has 1 amide bonds. The second-order valence-corrected chi connectivity index (χ2v) is 5.90. The van der Waals surface area contributed by atoms with Gasteiger partial charge in [0.25, 0.3) is 0 Å². The molecule has 1 saturated carbocycles. The van der Waals surface area contributed by atoms with Crippen molar-refractivity contribution in [1.29, 1.82) is 0 Å². The molecule has 104 valence electrons. The molecule has 1 fully saturated rings. The fraction of sp³-hybridized carbons (Fsp3) is 0.353. The Bertz CT molecular complexity index is 647. The number of hydrogen-bond donors (Lipinski definition) is 2. The van der Waals surface area contributed by atoms with Gasteiger partial charge in [0.1, 0.15) is 0 Å². The van der Waals surface area contributed by atoms with Gasteiger partial charge >= 0.3 is 0 Å². The van der Waals surface area contributed by atoms with Crippen LogP contribution in [0.1, 0.15) is 26.2 Å². The molecule has 0 radical (unpaired) electrons. The normalized spacial score (nSPS) is 25.8. The van der Waals surface area contributed by atoms with E-state index in [-0.39, 0.29) is 11.9 Å². The maximum Gasteiger partial charge on any atom is 0.231 e. The predicted molar refractivity (Wildman–Crippen MR) is 82.5 cm³/mol. The van der Waals surface area contributed by atoms with Crippen LogP contribution >= 0.6 is 0 Å². The van der Waals surface area contributed by atoms with Gasteiger partial charge in [-0.3, -0.25) is 4.79 Å². The van der Waals surface area contributed by atoms with Gasteiger partial charge in [-0.25, -0.2) is 0 Å². The van der Waals surface area contributed by atoms with Gasteiger partial charge in [-0.05, 0) is 31.2 Å². The molecule has 1 aliphatic rings. The summed E-state index contributed by atoms with van der Waals surface area (Å²) in [4.78, 5) is 12.6. The molecule has 0 spiro atoms. The van der Waals surface area contributed by atoms with Crippen LogP contribution in [0.5, 0.6) is 0 Å². The lowest BCUT2D eigenvalue weighted by Gasteiger charge is -2.27. The van der Waals surface area contributed by atoms with Crippen LogP contribution in [0.15, 0.2) is 42.5 Å². The Balaban J connectivity index is 1.92. The number of carbonyl (C=O) groups is 1. The highest BCUT2D eigenvalue weighted by molar-refractivity contribution is 6.04. The predicted octanol–water partition coefficient (Wildman–Crippen LogP) is 3.30. The first-order chi connectivity index (χ1) is 9.61. The summed E-state index contributed by atoms with van der Waals surface area (Å²) in [5.74, 6) is 0.0406. The van der Waals surface area contributed by atoms with Crippen LogP contribution < -0.4 is 11.1 Å². The topological polar surface area (TPSA) is 55.1 Å². The summed E-state index contributed by atoms with van der Waals surface area (Å²) in [6.45, 7) is 1.98. The molecule has 20 heavy (non-hydrogen) atoms. The zero-order chi connectivity index (χ0) is 14.2. The lowest BCUT2D eigenvalue weighted by Crippen LogP contribution is -2.44. The summed E-state index contributed by atoms with van der Waals surface area (Å²) in [5, 5.41) is 5.28. The quantitative estimate of drug-likeness (QED) is 0.878. The Morgan fingerprint density at radius 1 is 1.25 bits per heavy atom. The van der Waals surface area contributed by atoms with Gasteiger partial charge in [-0.2, -0.15) is 0 Å². The van der Waals surface area contributed by atoms with E-state index in [0.29, 0.717) is 0 Å². The summed E-state index contributed by atoms with van der Waals surface area (Å²) in [6.07, 6.45) is 2.82. The van der Waals surface area contributed by atoms with Crippen LogP contribution in [-0.2, 0) is 4.79 Å². The largest absolute Gasteiger partial charge is 0.327 e. The number of carbonyl (C=O) groups excluding carboxylic acids is 1. The van der Waals surface area contributed by atoms with Crippen molar-refractivity contribution >= 4 is 22.4 Å². The minimum Gasteiger partial charge on any atom is -0.327 e. The highest BCUT2D eigenvalue weighted by Gasteiger charge is 2.42. The standard InChI is InChI=1S/C17H20N2O/c1-17(11-5-10-15(17)18)16(20)19-14-9-4-7-12-6-2-3-8-13(12)14/h2-4,6-9,15H,5,10-11,18H2,1H3,(H,19,20). The highest BCUT2D eigenvalue weighted by Crippen LogP contribution is 2.38. The van der Waals surface area contributed by atoms with Crippen molar-refractivity contribution in [1.82, 2.24) is 0 Å². The van der Waals surface area contributed by atoms with Crippen molar-refractivity contribution in [2.75, 3.05) is 5.32 Å². The molecule has 1 aliphatic carbocycles. The maximum atomic E-state index is 12.6. The Hall–Kier alpha value is -1.87. The zero-order valence-electron chi connectivity index (χ0n) is 11.7. The number of rotatable bonds is 2. The molecule has 0 aromatic heterocycles. The number of anilines is 1. The third-order valence-electron chi connectivity index (χ3n) is 4.59. The van der Waals surface area contributed by atoms with Crippen molar-refractivity contribution in [3.8, 4) is 0 Å². The number of benzene rings is 2. The molecular formula is C17H20N2O. The molecule has 2 aromatic rings. The smallest absolute Gasteiger partial charge is 0.231 e. The zero-order valence-corrected chi connectivity index (χ0v) is 11.7. The molecule has 3 rings (SSSR count). The van der Waals surface area contributed by atoms with Crippen LogP contribution in [-0.4, -0.2) is 11.9 Å². The van der Waals surface area contributed by atoms with Crippen LogP contribution in [0.4, 0.5) is 5.69 Å². The SMILES string of the molecule is CC1(C(=O)Nc2cccc3ccccc23)CCCC1N. The van der Waals surface area contributed by atoms with Gasteiger partial charge in [0, 0.05) is 17.1 Å². The summed E-state index contributed by atoms with van der Waals surface area (Å²) >= 11 is 0. The van der Waals surface area contributed by atoms with E-state index in [2.05, 4.69) is 5.32 Å². The van der Waals surface area contributed by atoms with Crippen molar-refractivity contribution in [3.05, 3.63) is 42.5 Å². The fourth-order valence-electron chi connectivity index (χ4n) is 3.07. The van der Waals surface area contributed by atoms with E-state index < -0.39 is 5.41 Å². The lowest BCUT2D eigenvalue weighted by molar-refractivity contribution is -0.125. The Morgan fingerprint density at radius 3 is 2.75 bits per heavy atom. The lowest BCUT2D eigenvalue weighted by atomic mass is 9.84. The third-order valence-corrected chi connectivity index (χ3v) is 4.59. The average Bonchev–Trinajstić information content (AvgIpc) is 2.80. The molecule has 2 atom stereocenters. The molecular weight excluding hydrogens is 248 g/mol. The highest BCUT2D eigenvalue weighted by atomic mass is 16.2. The first-order valence-corrected chi connectivity index (χ1v) is 7.16. The van der Waals surface area contributed by atoms with Crippen LogP contribution in [0, 0.1) is 5.41 Å². The van der Waals surface area contributed by atoms with Gasteiger partial charge < -0.3 is 11.1 Å². The monoisotopic (exact) mass is 268 g/mol. The van der Waals surface area contributed by atoms with Gasteiger partial charge in [0.05, 0.1) is 5.41 Å². The minimum atomic E-state index is -0.447. The Kier molecular flexibility index (Phi) is 3.22. The van der Waals surface area contributed by atoms with E-state index in [4.69, 9.17) is 5.73 Å². The van der Waals surface area contributed by atoms with Crippen LogP contribution in [0.3, 0.4) is 0 Å². The molecule has 0 bridgehead atoms. The Labute approximate surface area is 119 Å². The number of amides is 1. The number of fused-ring (bicyclic) bond motifs is 1. The van der Waals surface area contributed by atoms with Crippen molar-refractivity contribution < 1.29 is 4.79 Å².